The van der Waals surface area contributed by atoms with E-state index in [-0.39, 0.29) is 116 Å². The van der Waals surface area contributed by atoms with Gasteiger partial charge < -0.3 is 87.2 Å². The van der Waals surface area contributed by atoms with E-state index in [1.54, 1.807) is 33.5 Å². The third-order valence-electron chi connectivity index (χ3n) is 13.9. The van der Waals surface area contributed by atoms with Crippen molar-refractivity contribution in [2.24, 2.45) is 16.2 Å². The summed E-state index contributed by atoms with van der Waals surface area (Å²) in [5.74, 6) is 3.63. The van der Waals surface area contributed by atoms with Gasteiger partial charge in [0.25, 0.3) is 6.47 Å². The Bertz CT molecular complexity index is 2200. The van der Waals surface area contributed by atoms with Crippen molar-refractivity contribution in [3.05, 3.63) is 65.4 Å². The van der Waals surface area contributed by atoms with Gasteiger partial charge in [-0.05, 0) is 118 Å². The Hall–Kier alpha value is 2.51. The summed E-state index contributed by atoms with van der Waals surface area (Å²) in [6, 6.07) is 11.5. The van der Waals surface area contributed by atoms with Crippen LogP contribution < -0.4 is 91.4 Å². The molecule has 1 radical (unpaired) electrons. The quantitative estimate of drug-likeness (QED) is 0.0896. The zero-order chi connectivity index (χ0) is 53.2. The number of carbonyl (C=O) groups is 1. The molecule has 3 spiro atoms. The molecule has 0 aliphatic carbocycles. The third kappa shape index (κ3) is 19.8. The molecule has 0 aromatic carbocycles. The van der Waals surface area contributed by atoms with Crippen LogP contribution in [0.25, 0.3) is 0 Å². The van der Waals surface area contributed by atoms with Gasteiger partial charge in [0.05, 0.1) is 103 Å². The van der Waals surface area contributed by atoms with Gasteiger partial charge in [0, 0.05) is 50.1 Å². The van der Waals surface area contributed by atoms with Crippen molar-refractivity contribution in [2.45, 2.75) is 77.8 Å². The topological polar surface area (TPSA) is 199 Å². The number of nitrogens with one attached hydrogen (secondary N) is 1. The van der Waals surface area contributed by atoms with Gasteiger partial charge in [0.2, 0.25) is 17.6 Å². The normalized spacial score (nSPS) is 21.1. The second kappa shape index (κ2) is 34.0. The van der Waals surface area contributed by atoms with E-state index in [0.29, 0.717) is 39.0 Å². The number of methoxy groups -OCH3 is 3. The van der Waals surface area contributed by atoms with Crippen molar-refractivity contribution >= 4 is 145 Å². The van der Waals surface area contributed by atoms with Crippen molar-refractivity contribution in [3.8, 4) is 17.6 Å². The summed E-state index contributed by atoms with van der Waals surface area (Å²) in [6.45, 7) is 28.0. The molecule has 1 N–H and O–H groups in total. The van der Waals surface area contributed by atoms with Gasteiger partial charge in [0.1, 0.15) is 16.8 Å². The second-order valence-corrected chi connectivity index (χ2v) is 22.6. The van der Waals surface area contributed by atoms with Crippen molar-refractivity contribution < 1.29 is 134 Å². The summed E-state index contributed by atoms with van der Waals surface area (Å²) < 4.78 is 55.6. The molecule has 11 heterocycles. The van der Waals surface area contributed by atoms with Crippen LogP contribution >= 0.6 is 43.5 Å². The molecule has 3 aromatic rings. The zero-order valence-electron chi connectivity index (χ0n) is 47.2. The SMILES string of the molecule is C1NCC12COC2.CC1(C)O[B]OC1(C)C.COc1nc(Cl)ccc1Br.COc1nc(N2CC3(COC3)C2)ccc1B1OC(C)(C)C(C)(C)O1.COc1nc(N2CC3(COC3)C2)ccc1Br.O=CO[O-].[CH3-].[CH3-].[K+].[K][K].[Pd+2]. The van der Waals surface area contributed by atoms with E-state index in [1.807, 2.05) is 79.7 Å². The molecule has 0 atom stereocenters. The number of pyridine rings is 3. The maximum atomic E-state index is 8.64. The number of aromatic nitrogens is 3. The van der Waals surface area contributed by atoms with Gasteiger partial charge in [-0.25, -0.2) is 4.98 Å². The van der Waals surface area contributed by atoms with Gasteiger partial charge in [-0.3, -0.25) is 4.79 Å². The maximum Gasteiger partial charge on any atom is 2.00 e. The molecule has 0 saturated carbocycles. The number of carbonyl (C=O) groups excluding carboxylic acids is 1. The molecular formula is C48H71B2Br2ClK3N6O13Pd. The smallest absolute Gasteiger partial charge is 2.00 e. The molecule has 8 aliphatic heterocycles. The molecule has 411 valence electrons. The maximum absolute atomic E-state index is 8.64. The van der Waals surface area contributed by atoms with E-state index in [4.69, 9.17) is 68.7 Å². The number of ether oxygens (including phenoxy) is 6. The summed E-state index contributed by atoms with van der Waals surface area (Å²) in [5.41, 5.74) is 1.09. The minimum Gasteiger partial charge on any atom is 2.00 e. The van der Waals surface area contributed by atoms with Gasteiger partial charge in [0.15, 0.2) is 0 Å². The molecule has 3 aromatic heterocycles. The molecule has 19 nitrogen and oxygen atoms in total. The molecule has 11 rings (SSSR count). The van der Waals surface area contributed by atoms with E-state index in [9.17, 15) is 0 Å². The summed E-state index contributed by atoms with van der Waals surface area (Å²) in [5, 5.41) is 12.1. The Labute approximate surface area is 575 Å². The van der Waals surface area contributed by atoms with E-state index in [2.05, 4.69) is 66.8 Å². The van der Waals surface area contributed by atoms with Gasteiger partial charge in [-0.15, -0.1) is 0 Å². The first-order valence-electron chi connectivity index (χ1n) is 23.8. The van der Waals surface area contributed by atoms with Crippen molar-refractivity contribution in [1.29, 1.82) is 0 Å². The first-order valence-corrected chi connectivity index (χ1v) is 41.8. The molecule has 28 heteroatoms. The average Bonchev–Trinajstić information content (AvgIpc) is 3.64. The van der Waals surface area contributed by atoms with Crippen LogP contribution in [0.15, 0.2) is 45.3 Å². The van der Waals surface area contributed by atoms with Crippen molar-refractivity contribution in [3.63, 3.8) is 0 Å². The molecule has 76 heavy (non-hydrogen) atoms. The molecule has 8 fully saturated rings. The fourth-order valence-corrected chi connectivity index (χ4v) is 8.73. The Morgan fingerprint density at radius 2 is 1.03 bits per heavy atom. The number of hydrogen-bond donors (Lipinski definition) is 1. The first-order chi connectivity index (χ1) is 34.0. The van der Waals surface area contributed by atoms with Crippen LogP contribution in [0, 0.1) is 31.1 Å². The Kier molecular flexibility index (Phi) is 34.2. The third-order valence-corrected chi connectivity index (χ3v) is 15.3. The number of nitrogens with zero attached hydrogens (tertiary/aromatic N) is 5. The van der Waals surface area contributed by atoms with Gasteiger partial charge >= 0.3 is 150 Å². The predicted octanol–water partition coefficient (Wildman–Crippen LogP) is 1.73. The minimum atomic E-state index is -0.464. The Morgan fingerprint density at radius 3 is 1.32 bits per heavy atom. The van der Waals surface area contributed by atoms with Gasteiger partial charge in [-0.2, -0.15) is 9.97 Å². The van der Waals surface area contributed by atoms with Crippen LogP contribution in [0.2, 0.25) is 5.15 Å². The largest absolute Gasteiger partial charge is 2.00 e. The summed E-state index contributed by atoms with van der Waals surface area (Å²) >= 11 is 14.7. The van der Waals surface area contributed by atoms with E-state index in [0.717, 1.165) is 91.9 Å². The number of halogens is 3. The fourth-order valence-electron chi connectivity index (χ4n) is 7.83. The van der Waals surface area contributed by atoms with Crippen LogP contribution in [0.4, 0.5) is 11.6 Å². The first kappa shape index (κ1) is 76.5. The number of hydrogen-bond acceptors (Lipinski definition) is 19. The molecule has 0 amide bonds. The summed E-state index contributed by atoms with van der Waals surface area (Å²) in [6.07, 6.45) is 0. The van der Waals surface area contributed by atoms with Crippen molar-refractivity contribution in [2.75, 3.05) is 110 Å². The molecule has 8 aliphatic rings. The van der Waals surface area contributed by atoms with E-state index < -0.39 is 7.12 Å². The summed E-state index contributed by atoms with van der Waals surface area (Å²) in [7, 11) is 5.77. The van der Waals surface area contributed by atoms with Crippen LogP contribution in [-0.2, 0) is 62.9 Å². The molecule has 0 unspecified atom stereocenters. The number of rotatable bonds is 7. The summed E-state index contributed by atoms with van der Waals surface area (Å²) in [4.78, 5) is 28.8. The fraction of sp³-hybridized carbons (Fsp3) is 0.625. The van der Waals surface area contributed by atoms with Crippen molar-refractivity contribution in [1.82, 2.24) is 20.3 Å². The van der Waals surface area contributed by atoms with Crippen LogP contribution in [0.5, 0.6) is 17.6 Å². The standard InChI is InChI=1S/C17H25BN2O4.C11H13BrN2O2.C6H12BO2.C6H5BrClNO.C5H9NO.CH2O3.2CH3.3K.Pd/c1-15(2)16(3,4)24-18(23-15)12-6-7-13(19-14(12)21-5)20-8-17(9-20)10-22-11-17;1-15-10-8(12)2-3-9(13-10)14-4-11(5-14)6-16-7-11;1-5(2)6(3,4)9-7-8-5;1-10-6-4(7)2-3-5(8)9-6;1-5(2-6-1)3-7-4-5;2-1-4-3;;;;;;/h6-7H,8-11H2,1-5H3;2-3H,4-7H2,1H3;1-4H3;2-3H,1H3;6H,1-4H2;1,3H;2*1H3;;;;/q;;;;;;2*-1;;;+1;+2/p-1. The Balaban J connectivity index is 0.000000485. The van der Waals surface area contributed by atoms with E-state index >= 15 is 0 Å². The number of anilines is 2. The van der Waals surface area contributed by atoms with Gasteiger partial charge in [-0.1, -0.05) is 17.7 Å². The molecular weight excluding hydrogens is 1310 g/mol. The van der Waals surface area contributed by atoms with Crippen LogP contribution in [0.3, 0.4) is 0 Å². The predicted molar refractivity (Wildman–Crippen MR) is 293 cm³/mol. The molecule has 8 saturated heterocycles. The Morgan fingerprint density at radius 1 is 0.658 bits per heavy atom. The second-order valence-electron chi connectivity index (χ2n) is 20.5. The van der Waals surface area contributed by atoms with Crippen LogP contribution in [0.1, 0.15) is 55.4 Å². The van der Waals surface area contributed by atoms with E-state index in [1.165, 1.54) is 83.9 Å². The zero-order valence-corrected chi connectivity index (χ0v) is 62.0. The van der Waals surface area contributed by atoms with Crippen LogP contribution in [-0.4, -0.2) is 222 Å². The molecule has 0 bridgehead atoms. The monoisotopic (exact) mass is 1380 g/mol. The average molecular weight is 1380 g/mol. The minimum absolute atomic E-state index is 0.